The highest BCUT2D eigenvalue weighted by Gasteiger charge is 2.23. The molecule has 1 atom stereocenters. The molecule has 0 aromatic heterocycles. The smallest absolute Gasteiger partial charge is 0.329 e. The van der Waals surface area contributed by atoms with E-state index in [9.17, 15) is 14.4 Å². The molecule has 0 saturated carbocycles. The molecule has 2 aromatic carbocycles. The monoisotopic (exact) mass is 479 g/mol. The number of esters is 1. The van der Waals surface area contributed by atoms with Gasteiger partial charge in [-0.15, -0.1) is 0 Å². The van der Waals surface area contributed by atoms with Crippen molar-refractivity contribution >= 4 is 58.4 Å². The van der Waals surface area contributed by atoms with Gasteiger partial charge in [-0.1, -0.05) is 23.2 Å². The molecular formula is C21H19Cl2N3O4S. The molecule has 0 aliphatic heterocycles. The number of benzene rings is 2. The molecule has 0 radical (unpaired) electrons. The number of carbonyl (C=O) groups is 3. The molecule has 0 heterocycles. The molecule has 2 rings (SSSR count). The van der Waals surface area contributed by atoms with Gasteiger partial charge >= 0.3 is 5.97 Å². The van der Waals surface area contributed by atoms with E-state index in [4.69, 9.17) is 33.2 Å². The van der Waals surface area contributed by atoms with Crippen LogP contribution in [-0.2, 0) is 14.3 Å². The van der Waals surface area contributed by atoms with Crippen molar-refractivity contribution in [2.24, 2.45) is 0 Å². The van der Waals surface area contributed by atoms with E-state index in [1.165, 1.54) is 30.0 Å². The Kier molecular flexibility index (Phi) is 9.66. The molecule has 0 aliphatic rings. The van der Waals surface area contributed by atoms with Crippen LogP contribution in [0.15, 0.2) is 42.5 Å². The lowest BCUT2D eigenvalue weighted by Gasteiger charge is -2.17. The fourth-order valence-electron chi connectivity index (χ4n) is 2.47. The van der Waals surface area contributed by atoms with Gasteiger partial charge in [0.05, 0.1) is 11.3 Å². The number of rotatable bonds is 9. The minimum absolute atomic E-state index is 0.214. The molecule has 0 aliphatic carbocycles. The Morgan fingerprint density at radius 1 is 1.13 bits per heavy atom. The molecule has 0 saturated heterocycles. The van der Waals surface area contributed by atoms with Crippen molar-refractivity contribution in [1.29, 1.82) is 5.26 Å². The first-order chi connectivity index (χ1) is 14.8. The quantitative estimate of drug-likeness (QED) is 0.527. The Hall–Kier alpha value is -2.73. The van der Waals surface area contributed by atoms with Gasteiger partial charge in [0.25, 0.3) is 11.8 Å². The molecule has 2 amide bonds. The highest BCUT2D eigenvalue weighted by atomic mass is 35.5. The summed E-state index contributed by atoms with van der Waals surface area (Å²) in [5.74, 6) is -1.24. The normalized spacial score (nSPS) is 11.2. The zero-order chi connectivity index (χ0) is 22.8. The number of nitrogens with one attached hydrogen (secondary N) is 2. The van der Waals surface area contributed by atoms with Gasteiger partial charge in [0.1, 0.15) is 12.1 Å². The topological polar surface area (TPSA) is 108 Å². The SMILES string of the molecule is CSCC[C@@H](NC(=O)c1ccc(Cl)cc1)C(=O)OCC(=O)Nc1cc(Cl)ccc1C#N. The van der Waals surface area contributed by atoms with Crippen molar-refractivity contribution in [3.8, 4) is 6.07 Å². The van der Waals surface area contributed by atoms with Crippen LogP contribution in [0.3, 0.4) is 0 Å². The Bertz CT molecular complexity index is 993. The Morgan fingerprint density at radius 3 is 2.45 bits per heavy atom. The number of amides is 2. The third-order valence-electron chi connectivity index (χ3n) is 4.03. The highest BCUT2D eigenvalue weighted by Crippen LogP contribution is 2.20. The first kappa shape index (κ1) is 24.5. The van der Waals surface area contributed by atoms with Gasteiger partial charge in [-0.25, -0.2) is 4.79 Å². The van der Waals surface area contributed by atoms with Crippen molar-refractivity contribution < 1.29 is 19.1 Å². The zero-order valence-corrected chi connectivity index (χ0v) is 18.8. The second kappa shape index (κ2) is 12.2. The van der Waals surface area contributed by atoms with E-state index < -0.39 is 30.4 Å². The van der Waals surface area contributed by atoms with E-state index in [0.717, 1.165) is 0 Å². The molecule has 0 unspecified atom stereocenters. The van der Waals surface area contributed by atoms with Crippen LogP contribution in [0.4, 0.5) is 5.69 Å². The lowest BCUT2D eigenvalue weighted by molar-refractivity contribution is -0.149. The summed E-state index contributed by atoms with van der Waals surface area (Å²) >= 11 is 13.2. The number of ether oxygens (including phenoxy) is 1. The van der Waals surface area contributed by atoms with Crippen LogP contribution < -0.4 is 10.6 Å². The minimum Gasteiger partial charge on any atom is -0.454 e. The first-order valence-electron chi connectivity index (χ1n) is 9.05. The predicted molar refractivity (Wildman–Crippen MR) is 121 cm³/mol. The maximum absolute atomic E-state index is 12.5. The fourth-order valence-corrected chi connectivity index (χ4v) is 3.24. The van der Waals surface area contributed by atoms with Crippen molar-refractivity contribution in [3.63, 3.8) is 0 Å². The summed E-state index contributed by atoms with van der Waals surface area (Å²) in [5.41, 5.74) is 0.775. The van der Waals surface area contributed by atoms with Crippen molar-refractivity contribution in [3.05, 3.63) is 63.6 Å². The molecule has 2 N–H and O–H groups in total. The summed E-state index contributed by atoms with van der Waals surface area (Å²) in [6.45, 7) is -0.581. The van der Waals surface area contributed by atoms with Gasteiger partial charge in [-0.2, -0.15) is 17.0 Å². The van der Waals surface area contributed by atoms with E-state index in [1.54, 1.807) is 24.3 Å². The van der Waals surface area contributed by atoms with E-state index in [0.29, 0.717) is 27.8 Å². The minimum atomic E-state index is -0.927. The fraction of sp³-hybridized carbons (Fsp3) is 0.238. The second-order valence-corrected chi connectivity index (χ2v) is 8.13. The lowest BCUT2D eigenvalue weighted by Crippen LogP contribution is -2.43. The lowest BCUT2D eigenvalue weighted by atomic mass is 10.1. The standard InChI is InChI=1S/C21H19Cl2N3O4S/c1-31-9-8-17(26-20(28)13-2-5-15(22)6-3-13)21(29)30-12-19(27)25-18-10-16(23)7-4-14(18)11-24/h2-7,10,17H,8-9,12H2,1H3,(H,25,27)(H,26,28)/t17-/m1/s1. The molecule has 0 bridgehead atoms. The number of hydrogen-bond acceptors (Lipinski definition) is 6. The van der Waals surface area contributed by atoms with Crippen LogP contribution in [0.25, 0.3) is 0 Å². The van der Waals surface area contributed by atoms with Crippen LogP contribution in [0.5, 0.6) is 0 Å². The van der Waals surface area contributed by atoms with Crippen LogP contribution in [-0.4, -0.2) is 42.4 Å². The largest absolute Gasteiger partial charge is 0.454 e. The van der Waals surface area contributed by atoms with Crippen molar-refractivity contribution in [2.75, 3.05) is 23.9 Å². The average Bonchev–Trinajstić information content (AvgIpc) is 2.75. The van der Waals surface area contributed by atoms with Gasteiger partial charge in [0, 0.05) is 15.6 Å². The third-order valence-corrected chi connectivity index (χ3v) is 5.16. The van der Waals surface area contributed by atoms with E-state index in [1.807, 2.05) is 12.3 Å². The van der Waals surface area contributed by atoms with E-state index in [2.05, 4.69) is 10.6 Å². The van der Waals surface area contributed by atoms with Crippen molar-refractivity contribution in [1.82, 2.24) is 5.32 Å². The highest BCUT2D eigenvalue weighted by molar-refractivity contribution is 7.98. The van der Waals surface area contributed by atoms with Crippen LogP contribution >= 0.6 is 35.0 Å². The van der Waals surface area contributed by atoms with Crippen LogP contribution in [0, 0.1) is 11.3 Å². The number of nitriles is 1. The number of halogens is 2. The van der Waals surface area contributed by atoms with Gasteiger partial charge in [0.15, 0.2) is 6.61 Å². The molecular weight excluding hydrogens is 461 g/mol. The predicted octanol–water partition coefficient (Wildman–Crippen LogP) is 3.90. The van der Waals surface area contributed by atoms with E-state index in [-0.39, 0.29) is 11.3 Å². The summed E-state index contributed by atoms with van der Waals surface area (Å²) in [7, 11) is 0. The Balaban J connectivity index is 1.97. The number of carbonyl (C=O) groups excluding carboxylic acids is 3. The van der Waals surface area contributed by atoms with Crippen LogP contribution in [0.2, 0.25) is 10.0 Å². The van der Waals surface area contributed by atoms with Crippen LogP contribution in [0.1, 0.15) is 22.3 Å². The number of hydrogen-bond donors (Lipinski definition) is 2. The molecule has 2 aromatic rings. The molecule has 162 valence electrons. The zero-order valence-electron chi connectivity index (χ0n) is 16.5. The summed E-state index contributed by atoms with van der Waals surface area (Å²) in [4.78, 5) is 37.1. The first-order valence-corrected chi connectivity index (χ1v) is 11.2. The molecule has 31 heavy (non-hydrogen) atoms. The third kappa shape index (κ3) is 7.79. The van der Waals surface area contributed by atoms with Gasteiger partial charge < -0.3 is 15.4 Å². The van der Waals surface area contributed by atoms with Crippen molar-refractivity contribution in [2.45, 2.75) is 12.5 Å². The second-order valence-electron chi connectivity index (χ2n) is 6.27. The van der Waals surface area contributed by atoms with Gasteiger partial charge in [-0.05, 0) is 60.9 Å². The summed E-state index contributed by atoms with van der Waals surface area (Å²) in [6.07, 6.45) is 2.20. The molecule has 0 spiro atoms. The van der Waals surface area contributed by atoms with Gasteiger partial charge in [0.2, 0.25) is 0 Å². The maximum Gasteiger partial charge on any atom is 0.329 e. The van der Waals surface area contributed by atoms with E-state index >= 15 is 0 Å². The number of nitrogens with zero attached hydrogens (tertiary/aromatic N) is 1. The molecule has 0 fully saturated rings. The average molecular weight is 480 g/mol. The summed E-state index contributed by atoms with van der Waals surface area (Å²) in [6, 6.07) is 11.6. The Morgan fingerprint density at radius 2 is 1.81 bits per heavy atom. The Labute approximate surface area is 194 Å². The number of anilines is 1. The molecule has 7 nitrogen and oxygen atoms in total. The summed E-state index contributed by atoms with van der Waals surface area (Å²) in [5, 5.41) is 15.0. The number of thioether (sulfide) groups is 1. The molecule has 10 heteroatoms. The maximum atomic E-state index is 12.5. The summed E-state index contributed by atoms with van der Waals surface area (Å²) < 4.78 is 5.08. The van der Waals surface area contributed by atoms with Gasteiger partial charge in [-0.3, -0.25) is 9.59 Å².